The van der Waals surface area contributed by atoms with E-state index >= 15 is 0 Å². The minimum absolute atomic E-state index is 0. The Morgan fingerprint density at radius 1 is 1.05 bits per heavy atom. The average Bonchev–Trinajstić information content (AvgIpc) is 2.76. The van der Waals surface area contributed by atoms with Gasteiger partial charge in [0.15, 0.2) is 0 Å². The zero-order valence-electron chi connectivity index (χ0n) is 14.0. The Labute approximate surface area is 148 Å². The SMILES string of the molecule is CN1CN(c2[c-]ccc(C(C)(C)C)c2)c2ccccc21.[CH3-].[Ir]. The summed E-state index contributed by atoms with van der Waals surface area (Å²) in [6, 6.07) is 18.4. The van der Waals surface area contributed by atoms with Crippen molar-refractivity contribution < 1.29 is 20.1 Å². The van der Waals surface area contributed by atoms with E-state index in [9.17, 15) is 0 Å². The van der Waals surface area contributed by atoms with E-state index in [1.807, 2.05) is 6.07 Å². The Balaban J connectivity index is 0.00000121. The molecule has 0 aliphatic carbocycles. The molecule has 1 aliphatic heterocycles. The van der Waals surface area contributed by atoms with Gasteiger partial charge in [-0.05, 0) is 17.5 Å². The molecule has 2 aromatic carbocycles. The van der Waals surface area contributed by atoms with Crippen LogP contribution in [0.25, 0.3) is 0 Å². The van der Waals surface area contributed by atoms with Gasteiger partial charge in [-0.3, -0.25) is 0 Å². The van der Waals surface area contributed by atoms with E-state index in [2.05, 4.69) is 80.1 Å². The molecule has 0 saturated heterocycles. The third kappa shape index (κ3) is 3.36. The largest absolute Gasteiger partial charge is 0.358 e. The molecular weight excluding hydrogens is 448 g/mol. The molecule has 0 saturated carbocycles. The van der Waals surface area contributed by atoms with Crippen LogP contribution in [0.4, 0.5) is 17.1 Å². The zero-order chi connectivity index (χ0) is 14.3. The zero-order valence-corrected chi connectivity index (χ0v) is 16.4. The van der Waals surface area contributed by atoms with Crippen LogP contribution in [-0.4, -0.2) is 13.7 Å². The van der Waals surface area contributed by atoms with Gasteiger partial charge < -0.3 is 17.2 Å². The second kappa shape index (κ2) is 6.85. The molecule has 121 valence electrons. The summed E-state index contributed by atoms with van der Waals surface area (Å²) < 4.78 is 0. The fraction of sp³-hybridized carbons (Fsp3) is 0.316. The molecule has 0 spiro atoms. The average molecular weight is 473 g/mol. The fourth-order valence-electron chi connectivity index (χ4n) is 2.66. The molecule has 2 aromatic rings. The Morgan fingerprint density at radius 3 is 2.32 bits per heavy atom. The summed E-state index contributed by atoms with van der Waals surface area (Å²) in [7, 11) is 2.13. The van der Waals surface area contributed by atoms with Gasteiger partial charge >= 0.3 is 0 Å². The normalized spacial score (nSPS) is 13.3. The van der Waals surface area contributed by atoms with Crippen LogP contribution in [-0.2, 0) is 25.5 Å². The molecule has 0 amide bonds. The molecule has 22 heavy (non-hydrogen) atoms. The Kier molecular flexibility index (Phi) is 5.83. The topological polar surface area (TPSA) is 6.48 Å². The number of hydrogen-bond acceptors (Lipinski definition) is 2. The summed E-state index contributed by atoms with van der Waals surface area (Å²) in [5.74, 6) is 0. The standard InChI is InChI=1S/C18H21N2.CH3.Ir/c1-18(2,3)14-8-7-9-15(12-14)20-13-19(4)16-10-5-6-11-17(16)20;;/h5-8,10-12H,13H2,1-4H3;1H3;/q2*-1;. The monoisotopic (exact) mass is 473 g/mol. The van der Waals surface area contributed by atoms with Crippen LogP contribution in [0.15, 0.2) is 42.5 Å². The van der Waals surface area contributed by atoms with Gasteiger partial charge in [0.1, 0.15) is 0 Å². The van der Waals surface area contributed by atoms with Crippen LogP contribution >= 0.6 is 0 Å². The molecule has 0 N–H and O–H groups in total. The minimum atomic E-state index is 0. The van der Waals surface area contributed by atoms with Gasteiger partial charge in [-0.1, -0.05) is 38.6 Å². The number of benzene rings is 2. The molecule has 0 fully saturated rings. The van der Waals surface area contributed by atoms with E-state index in [-0.39, 0.29) is 32.9 Å². The van der Waals surface area contributed by atoms with E-state index in [0.717, 1.165) is 12.4 Å². The van der Waals surface area contributed by atoms with Crippen molar-refractivity contribution >= 4 is 17.1 Å². The first-order valence-electron chi connectivity index (χ1n) is 7.07. The molecule has 1 radical (unpaired) electrons. The first-order valence-corrected chi connectivity index (χ1v) is 7.07. The second-order valence-electron chi connectivity index (χ2n) is 6.47. The molecule has 3 heteroatoms. The smallest absolute Gasteiger partial charge is 0.0927 e. The van der Waals surface area contributed by atoms with Crippen LogP contribution in [0.1, 0.15) is 26.3 Å². The van der Waals surface area contributed by atoms with Crippen molar-refractivity contribution in [2.24, 2.45) is 0 Å². The molecule has 0 aromatic heterocycles. The minimum Gasteiger partial charge on any atom is -0.358 e. The Hall–Kier alpha value is -1.31. The van der Waals surface area contributed by atoms with Gasteiger partial charge in [-0.2, -0.15) is 23.8 Å². The number of para-hydroxylation sites is 2. The van der Waals surface area contributed by atoms with Crippen molar-refractivity contribution in [1.82, 2.24) is 0 Å². The van der Waals surface area contributed by atoms with Gasteiger partial charge in [0.25, 0.3) is 0 Å². The third-order valence-corrected chi connectivity index (χ3v) is 3.88. The summed E-state index contributed by atoms with van der Waals surface area (Å²) in [5, 5.41) is 0. The Morgan fingerprint density at radius 2 is 1.68 bits per heavy atom. The maximum absolute atomic E-state index is 3.38. The van der Waals surface area contributed by atoms with Crippen molar-refractivity contribution in [2.75, 3.05) is 23.5 Å². The predicted octanol–water partition coefficient (Wildman–Crippen LogP) is 4.78. The van der Waals surface area contributed by atoms with Gasteiger partial charge in [0.2, 0.25) is 0 Å². The molecule has 0 atom stereocenters. The third-order valence-electron chi connectivity index (χ3n) is 3.88. The van der Waals surface area contributed by atoms with Crippen molar-refractivity contribution in [1.29, 1.82) is 0 Å². The molecule has 3 rings (SSSR count). The molecule has 1 aliphatic rings. The second-order valence-corrected chi connectivity index (χ2v) is 6.47. The summed E-state index contributed by atoms with van der Waals surface area (Å²) in [6.07, 6.45) is 0. The fourth-order valence-corrected chi connectivity index (χ4v) is 2.66. The van der Waals surface area contributed by atoms with E-state index in [0.29, 0.717) is 0 Å². The summed E-state index contributed by atoms with van der Waals surface area (Å²) in [4.78, 5) is 4.59. The predicted molar refractivity (Wildman–Crippen MR) is 92.2 cm³/mol. The molecule has 0 unspecified atom stereocenters. The van der Waals surface area contributed by atoms with E-state index in [1.165, 1.54) is 16.9 Å². The van der Waals surface area contributed by atoms with Crippen molar-refractivity contribution in [3.63, 3.8) is 0 Å². The molecule has 1 heterocycles. The van der Waals surface area contributed by atoms with Gasteiger partial charge in [-0.25, -0.2) is 0 Å². The van der Waals surface area contributed by atoms with E-state index in [4.69, 9.17) is 0 Å². The van der Waals surface area contributed by atoms with Crippen molar-refractivity contribution in [2.45, 2.75) is 26.2 Å². The molecular formula is C19H24IrN2-2. The van der Waals surface area contributed by atoms with Crippen molar-refractivity contribution in [3.05, 3.63) is 61.5 Å². The van der Waals surface area contributed by atoms with E-state index in [1.54, 1.807) is 0 Å². The first kappa shape index (κ1) is 18.7. The van der Waals surface area contributed by atoms with Crippen molar-refractivity contribution in [3.8, 4) is 0 Å². The summed E-state index contributed by atoms with van der Waals surface area (Å²) >= 11 is 0. The number of rotatable bonds is 1. The quantitative estimate of drug-likeness (QED) is 0.552. The maximum atomic E-state index is 3.38. The van der Waals surface area contributed by atoms with Crippen LogP contribution in [0.5, 0.6) is 0 Å². The van der Waals surface area contributed by atoms with Gasteiger partial charge in [0, 0.05) is 27.2 Å². The number of nitrogens with zero attached hydrogens (tertiary/aromatic N) is 2. The van der Waals surface area contributed by atoms with E-state index < -0.39 is 0 Å². The first-order chi connectivity index (χ1) is 9.47. The molecule has 2 nitrogen and oxygen atoms in total. The summed E-state index contributed by atoms with van der Waals surface area (Å²) in [5.41, 5.74) is 5.20. The van der Waals surface area contributed by atoms with Crippen LogP contribution in [0.2, 0.25) is 0 Å². The van der Waals surface area contributed by atoms with Gasteiger partial charge in [0.05, 0.1) is 18.0 Å². The van der Waals surface area contributed by atoms with Crippen LogP contribution < -0.4 is 9.80 Å². The number of fused-ring (bicyclic) bond motifs is 1. The maximum Gasteiger partial charge on any atom is 0.0927 e. The van der Waals surface area contributed by atoms with Gasteiger partial charge in [-0.15, -0.1) is 6.07 Å². The molecule has 0 bridgehead atoms. The summed E-state index contributed by atoms with van der Waals surface area (Å²) in [6.45, 7) is 7.62. The Bertz CT molecular complexity index is 631. The van der Waals surface area contributed by atoms with Crippen LogP contribution in [0, 0.1) is 13.5 Å². The number of anilines is 3. The number of hydrogen-bond donors (Lipinski definition) is 0. The van der Waals surface area contributed by atoms with Crippen LogP contribution in [0.3, 0.4) is 0 Å².